The van der Waals surface area contributed by atoms with Crippen LogP contribution in [0.25, 0.3) is 11.1 Å². The average molecular weight is 230 g/mol. The number of ether oxygens (including phenoxy) is 1. The van der Waals surface area contributed by atoms with Gasteiger partial charge in [-0.15, -0.1) is 0 Å². The first-order chi connectivity index (χ1) is 8.26. The summed E-state index contributed by atoms with van der Waals surface area (Å²) in [6, 6.07) is 9.46. The van der Waals surface area contributed by atoms with Crippen LogP contribution in [0.15, 0.2) is 36.5 Å². The molecule has 0 aliphatic carbocycles. The molecule has 3 N–H and O–H groups in total. The van der Waals surface area contributed by atoms with Crippen LogP contribution in [-0.4, -0.2) is 17.2 Å². The van der Waals surface area contributed by atoms with E-state index < -0.39 is 0 Å². The van der Waals surface area contributed by atoms with Gasteiger partial charge in [0, 0.05) is 22.9 Å². The third kappa shape index (κ3) is 2.21. The molecule has 0 unspecified atom stereocenters. The zero-order valence-electron chi connectivity index (χ0n) is 9.55. The number of hydrogen-bond acceptors (Lipinski definition) is 4. The molecule has 0 saturated carbocycles. The van der Waals surface area contributed by atoms with E-state index in [-0.39, 0.29) is 6.61 Å². The number of nitrogen functional groups attached to an aromatic ring is 1. The summed E-state index contributed by atoms with van der Waals surface area (Å²) in [7, 11) is 1.62. The SMILES string of the molecule is COc1ccccc1-c1cnc(N)c(CO)c1. The van der Waals surface area contributed by atoms with E-state index in [1.54, 1.807) is 13.3 Å². The zero-order chi connectivity index (χ0) is 12.3. The van der Waals surface area contributed by atoms with E-state index in [0.29, 0.717) is 11.4 Å². The molecule has 1 heterocycles. The minimum absolute atomic E-state index is 0.123. The lowest BCUT2D eigenvalue weighted by Gasteiger charge is -2.09. The van der Waals surface area contributed by atoms with E-state index >= 15 is 0 Å². The van der Waals surface area contributed by atoms with Gasteiger partial charge in [0.2, 0.25) is 0 Å². The second kappa shape index (κ2) is 4.84. The number of aromatic nitrogens is 1. The molecule has 1 aromatic heterocycles. The number of pyridine rings is 1. The van der Waals surface area contributed by atoms with Gasteiger partial charge >= 0.3 is 0 Å². The van der Waals surface area contributed by atoms with Crippen molar-refractivity contribution in [1.82, 2.24) is 4.98 Å². The van der Waals surface area contributed by atoms with Crippen molar-refractivity contribution in [1.29, 1.82) is 0 Å². The largest absolute Gasteiger partial charge is 0.496 e. The van der Waals surface area contributed by atoms with Gasteiger partial charge in [-0.1, -0.05) is 18.2 Å². The van der Waals surface area contributed by atoms with Gasteiger partial charge in [0.15, 0.2) is 0 Å². The van der Waals surface area contributed by atoms with E-state index in [1.807, 2.05) is 30.3 Å². The lowest BCUT2D eigenvalue weighted by molar-refractivity contribution is 0.282. The molecule has 1 aromatic carbocycles. The van der Waals surface area contributed by atoms with Crippen molar-refractivity contribution >= 4 is 5.82 Å². The molecule has 0 radical (unpaired) electrons. The van der Waals surface area contributed by atoms with E-state index in [1.165, 1.54) is 0 Å². The van der Waals surface area contributed by atoms with E-state index in [4.69, 9.17) is 15.6 Å². The number of benzene rings is 1. The van der Waals surface area contributed by atoms with Crippen molar-refractivity contribution in [3.8, 4) is 16.9 Å². The summed E-state index contributed by atoms with van der Waals surface area (Å²) >= 11 is 0. The highest BCUT2D eigenvalue weighted by atomic mass is 16.5. The number of aliphatic hydroxyl groups excluding tert-OH is 1. The molecule has 2 rings (SSSR count). The fourth-order valence-electron chi connectivity index (χ4n) is 1.68. The lowest BCUT2D eigenvalue weighted by Crippen LogP contribution is -1.98. The Hall–Kier alpha value is -2.07. The number of hydrogen-bond donors (Lipinski definition) is 2. The van der Waals surface area contributed by atoms with Gasteiger partial charge in [0.25, 0.3) is 0 Å². The monoisotopic (exact) mass is 230 g/mol. The molecule has 0 aliphatic heterocycles. The second-order valence-electron chi connectivity index (χ2n) is 3.63. The van der Waals surface area contributed by atoms with Crippen LogP contribution in [0.2, 0.25) is 0 Å². The highest BCUT2D eigenvalue weighted by Crippen LogP contribution is 2.30. The number of para-hydroxylation sites is 1. The molecular formula is C13H14N2O2. The topological polar surface area (TPSA) is 68.4 Å². The molecule has 88 valence electrons. The summed E-state index contributed by atoms with van der Waals surface area (Å²) in [5.41, 5.74) is 8.07. The van der Waals surface area contributed by atoms with Crippen molar-refractivity contribution in [2.24, 2.45) is 0 Å². The molecule has 0 atom stereocenters. The second-order valence-corrected chi connectivity index (χ2v) is 3.63. The Bertz CT molecular complexity index is 527. The van der Waals surface area contributed by atoms with Crippen LogP contribution in [0.5, 0.6) is 5.75 Å². The van der Waals surface area contributed by atoms with Crippen LogP contribution in [0.1, 0.15) is 5.56 Å². The molecule has 17 heavy (non-hydrogen) atoms. The van der Waals surface area contributed by atoms with Crippen molar-refractivity contribution < 1.29 is 9.84 Å². The number of aliphatic hydroxyl groups is 1. The van der Waals surface area contributed by atoms with Crippen LogP contribution in [0.3, 0.4) is 0 Å². The van der Waals surface area contributed by atoms with E-state index in [9.17, 15) is 0 Å². The van der Waals surface area contributed by atoms with Gasteiger partial charge in [-0.3, -0.25) is 0 Å². The minimum Gasteiger partial charge on any atom is -0.496 e. The first-order valence-electron chi connectivity index (χ1n) is 5.25. The summed E-state index contributed by atoms with van der Waals surface area (Å²) in [6.45, 7) is -0.123. The maximum absolute atomic E-state index is 9.17. The van der Waals surface area contributed by atoms with Gasteiger partial charge in [-0.25, -0.2) is 4.98 Å². The Labute approximate surface area is 99.7 Å². The van der Waals surface area contributed by atoms with E-state index in [0.717, 1.165) is 16.9 Å². The fraction of sp³-hybridized carbons (Fsp3) is 0.154. The van der Waals surface area contributed by atoms with Gasteiger partial charge in [0.05, 0.1) is 13.7 Å². The zero-order valence-corrected chi connectivity index (χ0v) is 9.55. The first kappa shape index (κ1) is 11.4. The Balaban J connectivity index is 2.53. The Morgan fingerprint density at radius 2 is 2.12 bits per heavy atom. The normalized spacial score (nSPS) is 10.2. The quantitative estimate of drug-likeness (QED) is 0.844. The summed E-state index contributed by atoms with van der Waals surface area (Å²) in [6.07, 6.45) is 1.67. The molecule has 0 bridgehead atoms. The van der Waals surface area contributed by atoms with Crippen molar-refractivity contribution in [3.05, 3.63) is 42.1 Å². The highest BCUT2D eigenvalue weighted by Gasteiger charge is 2.07. The minimum atomic E-state index is -0.123. The van der Waals surface area contributed by atoms with Crippen molar-refractivity contribution in [2.45, 2.75) is 6.61 Å². The van der Waals surface area contributed by atoms with Crippen LogP contribution >= 0.6 is 0 Å². The molecule has 0 aliphatic rings. The van der Waals surface area contributed by atoms with Crippen LogP contribution < -0.4 is 10.5 Å². The first-order valence-corrected chi connectivity index (χ1v) is 5.25. The summed E-state index contributed by atoms with van der Waals surface area (Å²) in [5.74, 6) is 1.12. The molecule has 0 spiro atoms. The van der Waals surface area contributed by atoms with Crippen LogP contribution in [-0.2, 0) is 6.61 Å². The Morgan fingerprint density at radius 1 is 1.35 bits per heavy atom. The van der Waals surface area contributed by atoms with Gasteiger partial charge in [-0.05, 0) is 12.1 Å². The third-order valence-electron chi connectivity index (χ3n) is 2.59. The van der Waals surface area contributed by atoms with Crippen molar-refractivity contribution in [2.75, 3.05) is 12.8 Å². The summed E-state index contributed by atoms with van der Waals surface area (Å²) < 4.78 is 5.28. The number of rotatable bonds is 3. The molecular weight excluding hydrogens is 216 g/mol. The predicted octanol–water partition coefficient (Wildman–Crippen LogP) is 1.83. The number of nitrogens with two attached hydrogens (primary N) is 1. The maximum Gasteiger partial charge on any atom is 0.128 e. The maximum atomic E-state index is 9.17. The van der Waals surface area contributed by atoms with Gasteiger partial charge < -0.3 is 15.6 Å². The standard InChI is InChI=1S/C13H14N2O2/c1-17-12-5-3-2-4-11(12)9-6-10(8-16)13(14)15-7-9/h2-7,16H,8H2,1H3,(H2,14,15). The van der Waals surface area contributed by atoms with Crippen LogP contribution in [0.4, 0.5) is 5.82 Å². The molecule has 2 aromatic rings. The number of anilines is 1. The van der Waals surface area contributed by atoms with Gasteiger partial charge in [-0.2, -0.15) is 0 Å². The molecule has 0 saturated heterocycles. The molecule has 4 heteroatoms. The summed E-state index contributed by atoms with van der Waals surface area (Å²) in [4.78, 5) is 4.06. The fourth-order valence-corrected chi connectivity index (χ4v) is 1.68. The van der Waals surface area contributed by atoms with Crippen molar-refractivity contribution in [3.63, 3.8) is 0 Å². The Morgan fingerprint density at radius 3 is 2.82 bits per heavy atom. The Kier molecular flexibility index (Phi) is 3.25. The molecule has 4 nitrogen and oxygen atoms in total. The lowest BCUT2D eigenvalue weighted by atomic mass is 10.0. The number of methoxy groups -OCH3 is 1. The predicted molar refractivity (Wildman–Crippen MR) is 66.6 cm³/mol. The highest BCUT2D eigenvalue weighted by molar-refractivity contribution is 5.71. The average Bonchev–Trinajstić information content (AvgIpc) is 2.39. The third-order valence-corrected chi connectivity index (χ3v) is 2.59. The van der Waals surface area contributed by atoms with Gasteiger partial charge in [0.1, 0.15) is 11.6 Å². The summed E-state index contributed by atoms with van der Waals surface area (Å²) in [5, 5.41) is 9.17. The molecule has 0 amide bonds. The number of nitrogens with zero attached hydrogens (tertiary/aromatic N) is 1. The smallest absolute Gasteiger partial charge is 0.128 e. The molecule has 0 fully saturated rings. The van der Waals surface area contributed by atoms with Crippen LogP contribution in [0, 0.1) is 0 Å². The van der Waals surface area contributed by atoms with E-state index in [2.05, 4.69) is 4.98 Å².